The number of rotatable bonds is 5. The van der Waals surface area contributed by atoms with Crippen molar-refractivity contribution in [3.63, 3.8) is 0 Å². The summed E-state index contributed by atoms with van der Waals surface area (Å²) in [5, 5.41) is 4.07. The summed E-state index contributed by atoms with van der Waals surface area (Å²) in [5.41, 5.74) is 1.44. The summed E-state index contributed by atoms with van der Waals surface area (Å²) >= 11 is 0. The monoisotopic (exact) mass is 349 g/mol. The molecule has 1 unspecified atom stereocenters. The normalized spacial score (nSPS) is 16.8. The van der Waals surface area contributed by atoms with Gasteiger partial charge < -0.3 is 9.42 Å². The SMILES string of the molecule is O=C(c1cncnc1)N1CCCC1CCc1noc(-c2ccccc2)n1. The van der Waals surface area contributed by atoms with E-state index in [4.69, 9.17) is 4.52 Å². The summed E-state index contributed by atoms with van der Waals surface area (Å²) in [6.45, 7) is 0.764. The van der Waals surface area contributed by atoms with Crippen LogP contribution in [0.5, 0.6) is 0 Å². The minimum Gasteiger partial charge on any atom is -0.336 e. The van der Waals surface area contributed by atoms with Crippen LogP contribution in [0.3, 0.4) is 0 Å². The van der Waals surface area contributed by atoms with Gasteiger partial charge in [-0.2, -0.15) is 4.98 Å². The highest BCUT2D eigenvalue weighted by molar-refractivity contribution is 5.94. The third-order valence-electron chi connectivity index (χ3n) is 4.64. The molecule has 1 aliphatic rings. The summed E-state index contributed by atoms with van der Waals surface area (Å²) < 4.78 is 5.35. The van der Waals surface area contributed by atoms with Crippen LogP contribution in [-0.4, -0.2) is 43.5 Å². The molecule has 0 radical (unpaired) electrons. The van der Waals surface area contributed by atoms with Crippen molar-refractivity contribution in [1.29, 1.82) is 0 Å². The molecular weight excluding hydrogens is 330 g/mol. The molecular formula is C19H19N5O2. The number of aryl methyl sites for hydroxylation is 1. The van der Waals surface area contributed by atoms with Crippen molar-refractivity contribution in [3.8, 4) is 11.5 Å². The van der Waals surface area contributed by atoms with E-state index in [9.17, 15) is 4.79 Å². The molecule has 3 heterocycles. The summed E-state index contributed by atoms with van der Waals surface area (Å²) in [7, 11) is 0. The molecule has 0 bridgehead atoms. The first-order chi connectivity index (χ1) is 12.8. The van der Waals surface area contributed by atoms with E-state index in [0.29, 0.717) is 23.7 Å². The number of hydrogen-bond donors (Lipinski definition) is 0. The van der Waals surface area contributed by atoms with E-state index in [1.165, 1.54) is 6.33 Å². The number of hydrogen-bond acceptors (Lipinski definition) is 6. The number of carbonyl (C=O) groups is 1. The average molecular weight is 349 g/mol. The Bertz CT molecular complexity index is 866. The van der Waals surface area contributed by atoms with Crippen LogP contribution in [-0.2, 0) is 6.42 Å². The lowest BCUT2D eigenvalue weighted by molar-refractivity contribution is 0.0729. The minimum absolute atomic E-state index is 0.00816. The second kappa shape index (κ2) is 7.43. The summed E-state index contributed by atoms with van der Waals surface area (Å²) in [6.07, 6.45) is 8.04. The molecule has 4 rings (SSSR count). The number of likely N-dealkylation sites (tertiary alicyclic amines) is 1. The zero-order valence-corrected chi connectivity index (χ0v) is 14.3. The van der Waals surface area contributed by atoms with Crippen LogP contribution in [0.1, 0.15) is 35.4 Å². The number of benzene rings is 1. The van der Waals surface area contributed by atoms with Gasteiger partial charge in [0.2, 0.25) is 0 Å². The van der Waals surface area contributed by atoms with Gasteiger partial charge in [-0.05, 0) is 31.4 Å². The first kappa shape index (κ1) is 16.4. The standard InChI is InChI=1S/C19H19N5O2/c25-19(15-11-20-13-21-12-15)24-10-4-7-16(24)8-9-17-22-18(26-23-17)14-5-2-1-3-6-14/h1-3,5-6,11-13,16H,4,7-10H2. The molecule has 1 amide bonds. The van der Waals surface area contributed by atoms with Crippen LogP contribution in [0, 0.1) is 0 Å². The van der Waals surface area contributed by atoms with Gasteiger partial charge in [-0.1, -0.05) is 23.4 Å². The topological polar surface area (TPSA) is 85.0 Å². The molecule has 1 aromatic carbocycles. The van der Waals surface area contributed by atoms with Gasteiger partial charge >= 0.3 is 0 Å². The Morgan fingerprint density at radius 2 is 2.00 bits per heavy atom. The fourth-order valence-corrected chi connectivity index (χ4v) is 3.33. The van der Waals surface area contributed by atoms with Crippen molar-refractivity contribution in [2.24, 2.45) is 0 Å². The Balaban J connectivity index is 1.40. The van der Waals surface area contributed by atoms with E-state index in [-0.39, 0.29) is 11.9 Å². The minimum atomic E-state index is -0.00816. The molecule has 1 aliphatic heterocycles. The molecule has 0 N–H and O–H groups in total. The number of nitrogens with zero attached hydrogens (tertiary/aromatic N) is 5. The lowest BCUT2D eigenvalue weighted by Gasteiger charge is -2.24. The molecule has 0 saturated carbocycles. The van der Waals surface area contributed by atoms with Gasteiger partial charge in [0, 0.05) is 37.0 Å². The van der Waals surface area contributed by atoms with Crippen molar-refractivity contribution < 1.29 is 9.32 Å². The fourth-order valence-electron chi connectivity index (χ4n) is 3.33. The second-order valence-corrected chi connectivity index (χ2v) is 6.34. The van der Waals surface area contributed by atoms with E-state index in [2.05, 4.69) is 20.1 Å². The summed E-state index contributed by atoms with van der Waals surface area (Å²) in [5.74, 6) is 1.19. The molecule has 26 heavy (non-hydrogen) atoms. The van der Waals surface area contributed by atoms with Crippen LogP contribution in [0.4, 0.5) is 0 Å². The Hall–Kier alpha value is -3.09. The smallest absolute Gasteiger partial charge is 0.257 e. The molecule has 7 heteroatoms. The van der Waals surface area contributed by atoms with Crippen molar-refractivity contribution in [2.75, 3.05) is 6.54 Å². The predicted molar refractivity (Wildman–Crippen MR) is 94.1 cm³/mol. The van der Waals surface area contributed by atoms with E-state index < -0.39 is 0 Å². The average Bonchev–Trinajstić information content (AvgIpc) is 3.36. The molecule has 3 aromatic rings. The third kappa shape index (κ3) is 3.46. The third-order valence-corrected chi connectivity index (χ3v) is 4.64. The zero-order chi connectivity index (χ0) is 17.8. The number of carbonyl (C=O) groups excluding carboxylic acids is 1. The Morgan fingerprint density at radius 1 is 1.19 bits per heavy atom. The van der Waals surface area contributed by atoms with Crippen LogP contribution < -0.4 is 0 Å². The maximum absolute atomic E-state index is 12.7. The van der Waals surface area contributed by atoms with E-state index >= 15 is 0 Å². The fraction of sp³-hybridized carbons (Fsp3) is 0.316. The lowest BCUT2D eigenvalue weighted by Crippen LogP contribution is -2.36. The summed E-state index contributed by atoms with van der Waals surface area (Å²) in [4.78, 5) is 26.9. The van der Waals surface area contributed by atoms with Gasteiger partial charge in [-0.25, -0.2) is 9.97 Å². The van der Waals surface area contributed by atoms with Crippen molar-refractivity contribution in [2.45, 2.75) is 31.7 Å². The van der Waals surface area contributed by atoms with Crippen LogP contribution >= 0.6 is 0 Å². The van der Waals surface area contributed by atoms with Crippen LogP contribution in [0.15, 0.2) is 53.6 Å². The van der Waals surface area contributed by atoms with Gasteiger partial charge in [0.05, 0.1) is 5.56 Å². The maximum atomic E-state index is 12.7. The highest BCUT2D eigenvalue weighted by Gasteiger charge is 2.29. The molecule has 1 fully saturated rings. The first-order valence-corrected chi connectivity index (χ1v) is 8.75. The Kier molecular flexibility index (Phi) is 4.68. The van der Waals surface area contributed by atoms with Crippen molar-refractivity contribution in [1.82, 2.24) is 25.0 Å². The highest BCUT2D eigenvalue weighted by Crippen LogP contribution is 2.24. The molecule has 1 atom stereocenters. The lowest BCUT2D eigenvalue weighted by atomic mass is 10.1. The predicted octanol–water partition coefficient (Wildman–Crippen LogP) is 2.76. The quantitative estimate of drug-likeness (QED) is 0.704. The molecule has 1 saturated heterocycles. The zero-order valence-electron chi connectivity index (χ0n) is 14.3. The van der Waals surface area contributed by atoms with E-state index in [0.717, 1.165) is 31.4 Å². The van der Waals surface area contributed by atoms with Gasteiger partial charge in [0.25, 0.3) is 11.8 Å². The Labute approximate surface area is 151 Å². The van der Waals surface area contributed by atoms with E-state index in [1.54, 1.807) is 12.4 Å². The highest BCUT2D eigenvalue weighted by atomic mass is 16.5. The molecule has 7 nitrogen and oxygen atoms in total. The first-order valence-electron chi connectivity index (χ1n) is 8.75. The van der Waals surface area contributed by atoms with Crippen molar-refractivity contribution >= 4 is 5.91 Å². The molecule has 2 aromatic heterocycles. The van der Waals surface area contributed by atoms with Crippen LogP contribution in [0.2, 0.25) is 0 Å². The van der Waals surface area contributed by atoms with Crippen molar-refractivity contribution in [3.05, 3.63) is 60.4 Å². The van der Waals surface area contributed by atoms with Crippen LogP contribution in [0.25, 0.3) is 11.5 Å². The van der Waals surface area contributed by atoms with Gasteiger partial charge in [0.1, 0.15) is 6.33 Å². The molecule has 0 spiro atoms. The van der Waals surface area contributed by atoms with E-state index in [1.807, 2.05) is 35.2 Å². The van der Waals surface area contributed by atoms with Gasteiger partial charge in [-0.15, -0.1) is 0 Å². The van der Waals surface area contributed by atoms with Gasteiger partial charge in [-0.3, -0.25) is 4.79 Å². The maximum Gasteiger partial charge on any atom is 0.257 e. The number of amides is 1. The molecule has 0 aliphatic carbocycles. The largest absolute Gasteiger partial charge is 0.336 e. The molecule has 132 valence electrons. The Morgan fingerprint density at radius 3 is 2.81 bits per heavy atom. The summed E-state index contributed by atoms with van der Waals surface area (Å²) in [6, 6.07) is 9.89. The van der Waals surface area contributed by atoms with Gasteiger partial charge in [0.15, 0.2) is 5.82 Å². The second-order valence-electron chi connectivity index (χ2n) is 6.34. The number of aromatic nitrogens is 4.